The molecule has 42 heavy (non-hydrogen) atoms. The summed E-state index contributed by atoms with van der Waals surface area (Å²) >= 11 is 5.87. The Bertz CT molecular complexity index is 1650. The number of nitrogens with zero attached hydrogens (tertiary/aromatic N) is 4. The molecule has 1 saturated heterocycles. The molecule has 1 fully saturated rings. The number of hydrogen-bond acceptors (Lipinski definition) is 6. The summed E-state index contributed by atoms with van der Waals surface area (Å²) in [5, 5.41) is 3.86. The Labute approximate surface area is 251 Å². The van der Waals surface area contributed by atoms with Gasteiger partial charge >= 0.3 is 5.76 Å². The average molecular weight is 586 g/mol. The third-order valence-corrected chi connectivity index (χ3v) is 8.61. The lowest BCUT2D eigenvalue weighted by atomic mass is 9.98. The maximum atomic E-state index is 14.1. The fourth-order valence-corrected chi connectivity index (χ4v) is 5.95. The van der Waals surface area contributed by atoms with Crippen molar-refractivity contribution in [2.45, 2.75) is 72.3 Å². The van der Waals surface area contributed by atoms with Crippen LogP contribution >= 0.6 is 12.2 Å². The van der Waals surface area contributed by atoms with Gasteiger partial charge in [0.25, 0.3) is 5.56 Å². The minimum absolute atomic E-state index is 0.0186. The van der Waals surface area contributed by atoms with Gasteiger partial charge in [-0.15, -0.1) is 0 Å². The number of nitrogens with one attached hydrogen (secondary N) is 1. The number of aromatic nitrogens is 4. The molecule has 8 nitrogen and oxygen atoms in total. The van der Waals surface area contributed by atoms with E-state index in [0.29, 0.717) is 25.2 Å². The van der Waals surface area contributed by atoms with Gasteiger partial charge in [-0.05, 0) is 48.3 Å². The van der Waals surface area contributed by atoms with Crippen molar-refractivity contribution in [3.63, 3.8) is 0 Å². The van der Waals surface area contributed by atoms with Crippen LogP contribution in [0.15, 0.2) is 62.6 Å². The van der Waals surface area contributed by atoms with Gasteiger partial charge in [-0.1, -0.05) is 93.1 Å². The quantitative estimate of drug-likeness (QED) is 0.235. The SMILES string of the molecule is CCCCc1nc(CC)c(CC(=S)N2CCC(C)CC2)c(=O)n1Cc1ccc(-c2ccccc2-c2noc(=O)[nH]2)cc1. The fraction of sp³-hybridized carbons (Fsp3) is 0.424. The standard InChI is InChI=1S/C33H39N5O3S/c1-4-6-11-29-34-28(5-2)27(20-30(42)37-18-16-22(3)17-19-37)32(39)38(29)21-23-12-14-24(15-13-23)25-9-7-8-10-26(25)31-35-33(40)41-36-31/h7-10,12-15,22H,4-6,11,16-21H2,1-3H3,(H,35,36,40). The number of aromatic amines is 1. The Morgan fingerprint density at radius 2 is 1.76 bits per heavy atom. The molecular formula is C33H39N5O3S. The molecule has 2 aromatic carbocycles. The van der Waals surface area contributed by atoms with Gasteiger partial charge in [0.1, 0.15) is 5.82 Å². The second kappa shape index (κ2) is 13.4. The summed E-state index contributed by atoms with van der Waals surface area (Å²) in [7, 11) is 0. The number of aryl methyl sites for hydroxylation is 2. The van der Waals surface area contributed by atoms with E-state index in [1.54, 1.807) is 0 Å². The monoisotopic (exact) mass is 585 g/mol. The second-order valence-electron chi connectivity index (χ2n) is 11.2. The van der Waals surface area contributed by atoms with E-state index < -0.39 is 5.76 Å². The van der Waals surface area contributed by atoms with Crippen molar-refractivity contribution in [2.24, 2.45) is 5.92 Å². The van der Waals surface area contributed by atoms with Crippen LogP contribution in [0.4, 0.5) is 0 Å². The van der Waals surface area contributed by atoms with Gasteiger partial charge < -0.3 is 4.90 Å². The minimum atomic E-state index is -0.590. The Kier molecular flexibility index (Phi) is 9.47. The molecule has 1 N–H and O–H groups in total. The van der Waals surface area contributed by atoms with Crippen LogP contribution in [-0.2, 0) is 25.8 Å². The zero-order chi connectivity index (χ0) is 29.6. The first kappa shape index (κ1) is 29.6. The summed E-state index contributed by atoms with van der Waals surface area (Å²) in [6, 6.07) is 15.9. The predicted octanol–water partition coefficient (Wildman–Crippen LogP) is 5.81. The van der Waals surface area contributed by atoms with E-state index >= 15 is 0 Å². The summed E-state index contributed by atoms with van der Waals surface area (Å²) in [5.74, 6) is 1.36. The normalized spacial score (nSPS) is 13.9. The van der Waals surface area contributed by atoms with Gasteiger partial charge in [0.05, 0.1) is 17.2 Å². The third kappa shape index (κ3) is 6.62. The molecule has 3 heterocycles. The molecule has 0 spiro atoms. The van der Waals surface area contributed by atoms with E-state index in [-0.39, 0.29) is 5.56 Å². The van der Waals surface area contributed by atoms with Gasteiger partial charge in [0.15, 0.2) is 5.82 Å². The lowest BCUT2D eigenvalue weighted by Crippen LogP contribution is -2.40. The summed E-state index contributed by atoms with van der Waals surface area (Å²) < 4.78 is 6.58. The van der Waals surface area contributed by atoms with Crippen LogP contribution in [0.3, 0.4) is 0 Å². The Morgan fingerprint density at radius 1 is 1.05 bits per heavy atom. The molecule has 2 aromatic heterocycles. The zero-order valence-electron chi connectivity index (χ0n) is 24.7. The largest absolute Gasteiger partial charge is 0.439 e. The van der Waals surface area contributed by atoms with Crippen molar-refractivity contribution in [1.82, 2.24) is 24.6 Å². The number of unbranched alkanes of at least 4 members (excludes halogenated alkanes) is 1. The number of H-pyrrole nitrogens is 1. The predicted molar refractivity (Wildman–Crippen MR) is 170 cm³/mol. The smallest absolute Gasteiger partial charge is 0.366 e. The van der Waals surface area contributed by atoms with Crippen LogP contribution in [0.2, 0.25) is 0 Å². The minimum Gasteiger partial charge on any atom is -0.366 e. The molecule has 0 amide bonds. The van der Waals surface area contributed by atoms with Crippen molar-refractivity contribution >= 4 is 17.2 Å². The molecular weight excluding hydrogens is 546 g/mol. The van der Waals surface area contributed by atoms with E-state index in [4.69, 9.17) is 21.7 Å². The van der Waals surface area contributed by atoms with Gasteiger partial charge in [-0.2, -0.15) is 0 Å². The maximum Gasteiger partial charge on any atom is 0.439 e. The van der Waals surface area contributed by atoms with Crippen LogP contribution in [0, 0.1) is 5.92 Å². The number of hydrogen-bond donors (Lipinski definition) is 1. The van der Waals surface area contributed by atoms with E-state index in [2.05, 4.69) is 35.8 Å². The number of thiocarbonyl (C=S) groups is 1. The highest BCUT2D eigenvalue weighted by atomic mass is 32.1. The molecule has 0 aliphatic carbocycles. The van der Waals surface area contributed by atoms with E-state index in [1.165, 1.54) is 0 Å². The van der Waals surface area contributed by atoms with E-state index in [9.17, 15) is 9.59 Å². The first-order chi connectivity index (χ1) is 20.4. The number of benzene rings is 2. The molecule has 0 radical (unpaired) electrons. The van der Waals surface area contributed by atoms with Crippen molar-refractivity contribution < 1.29 is 4.52 Å². The molecule has 1 aliphatic rings. The van der Waals surface area contributed by atoms with Crippen LogP contribution < -0.4 is 11.3 Å². The van der Waals surface area contributed by atoms with Gasteiger partial charge in [-0.25, -0.2) is 9.78 Å². The summed E-state index contributed by atoms with van der Waals surface area (Å²) in [4.78, 5) is 36.4. The maximum absolute atomic E-state index is 14.1. The number of likely N-dealkylation sites (tertiary alicyclic amines) is 1. The summed E-state index contributed by atoms with van der Waals surface area (Å²) in [6.45, 7) is 8.86. The lowest BCUT2D eigenvalue weighted by molar-refractivity contribution is 0.281. The van der Waals surface area contributed by atoms with E-state index in [1.807, 2.05) is 53.1 Å². The molecule has 0 saturated carbocycles. The highest BCUT2D eigenvalue weighted by Gasteiger charge is 2.22. The van der Waals surface area contributed by atoms with Crippen LogP contribution in [0.1, 0.15) is 69.1 Å². The van der Waals surface area contributed by atoms with Crippen LogP contribution in [-0.4, -0.2) is 42.7 Å². The first-order valence-corrected chi connectivity index (χ1v) is 15.4. The van der Waals surface area contributed by atoms with E-state index in [0.717, 1.165) is 95.4 Å². The Balaban J connectivity index is 1.45. The summed E-state index contributed by atoms with van der Waals surface area (Å²) in [6.07, 6.45) is 6.20. The van der Waals surface area contributed by atoms with Crippen molar-refractivity contribution in [3.05, 3.63) is 92.1 Å². The fourth-order valence-electron chi connectivity index (χ4n) is 5.63. The van der Waals surface area contributed by atoms with Crippen LogP contribution in [0.5, 0.6) is 0 Å². The first-order valence-electron chi connectivity index (χ1n) is 15.0. The van der Waals surface area contributed by atoms with Gasteiger partial charge in [0.2, 0.25) is 0 Å². The van der Waals surface area contributed by atoms with Crippen LogP contribution in [0.25, 0.3) is 22.5 Å². The molecule has 0 unspecified atom stereocenters. The molecule has 1 aliphatic heterocycles. The lowest BCUT2D eigenvalue weighted by Gasteiger charge is -2.32. The molecule has 4 aromatic rings. The van der Waals surface area contributed by atoms with Crippen molar-refractivity contribution in [3.8, 4) is 22.5 Å². The van der Waals surface area contributed by atoms with Gasteiger partial charge in [0, 0.05) is 37.1 Å². The molecule has 0 bridgehead atoms. The molecule has 220 valence electrons. The van der Waals surface area contributed by atoms with Crippen molar-refractivity contribution in [2.75, 3.05) is 13.1 Å². The molecule has 0 atom stereocenters. The topological polar surface area (TPSA) is 97.0 Å². The average Bonchev–Trinajstić information content (AvgIpc) is 3.45. The summed E-state index contributed by atoms with van der Waals surface area (Å²) in [5.41, 5.74) is 5.30. The number of piperidine rings is 1. The Hall–Kier alpha value is -3.85. The highest BCUT2D eigenvalue weighted by Crippen LogP contribution is 2.30. The third-order valence-electron chi connectivity index (χ3n) is 8.21. The molecule has 5 rings (SSSR count). The zero-order valence-corrected chi connectivity index (χ0v) is 25.5. The van der Waals surface area contributed by atoms with Gasteiger partial charge in [-0.3, -0.25) is 18.9 Å². The second-order valence-corrected chi connectivity index (χ2v) is 11.7. The van der Waals surface area contributed by atoms with Crippen molar-refractivity contribution in [1.29, 1.82) is 0 Å². The Morgan fingerprint density at radius 3 is 2.40 bits per heavy atom. The highest BCUT2D eigenvalue weighted by molar-refractivity contribution is 7.80. The number of rotatable bonds is 10. The molecule has 9 heteroatoms.